The Labute approximate surface area is 82.6 Å². The first-order valence-electron chi connectivity index (χ1n) is 4.93. The molecule has 84 valence electrons. The lowest BCUT2D eigenvalue weighted by atomic mass is 9.75. The van der Waals surface area contributed by atoms with Crippen LogP contribution < -0.4 is 0 Å². The maximum Gasteiger partial charge on any atom is 0.394 e. The summed E-state index contributed by atoms with van der Waals surface area (Å²) in [5, 5.41) is 0. The van der Waals surface area contributed by atoms with Crippen LogP contribution in [0, 0.1) is 11.3 Å². The first-order chi connectivity index (χ1) is 6.33. The Bertz CT molecular complexity index is 200. The van der Waals surface area contributed by atoms with Crippen molar-refractivity contribution in [2.24, 2.45) is 11.3 Å². The van der Waals surface area contributed by atoms with Gasteiger partial charge < -0.3 is 4.74 Å². The van der Waals surface area contributed by atoms with Gasteiger partial charge in [0.25, 0.3) is 0 Å². The number of rotatable bonds is 2. The van der Waals surface area contributed by atoms with Crippen molar-refractivity contribution >= 4 is 0 Å². The Morgan fingerprint density at radius 3 is 2.14 bits per heavy atom. The van der Waals surface area contributed by atoms with E-state index in [0.29, 0.717) is 6.42 Å². The Morgan fingerprint density at radius 1 is 1.36 bits per heavy atom. The van der Waals surface area contributed by atoms with Gasteiger partial charge in [0.1, 0.15) is 0 Å². The molecule has 0 amide bonds. The second-order valence-electron chi connectivity index (χ2n) is 4.41. The van der Waals surface area contributed by atoms with E-state index in [1.807, 2.05) is 0 Å². The average Bonchev–Trinajstić information content (AvgIpc) is 2.47. The molecule has 0 heterocycles. The van der Waals surface area contributed by atoms with Crippen LogP contribution in [-0.4, -0.2) is 19.4 Å². The first kappa shape index (κ1) is 11.8. The zero-order chi connectivity index (χ0) is 11.0. The van der Waals surface area contributed by atoms with E-state index in [1.165, 1.54) is 7.11 Å². The minimum atomic E-state index is -4.10. The van der Waals surface area contributed by atoms with Crippen LogP contribution in [-0.2, 0) is 4.74 Å². The predicted octanol–water partition coefficient (Wildman–Crippen LogP) is 3.39. The van der Waals surface area contributed by atoms with Crippen LogP contribution in [0.4, 0.5) is 13.2 Å². The smallest absolute Gasteiger partial charge is 0.381 e. The van der Waals surface area contributed by atoms with Crippen LogP contribution in [0.3, 0.4) is 0 Å². The van der Waals surface area contributed by atoms with E-state index in [2.05, 4.69) is 0 Å². The number of alkyl halides is 3. The molecule has 1 saturated carbocycles. The summed E-state index contributed by atoms with van der Waals surface area (Å²) in [6.07, 6.45) is -3.49. The van der Waals surface area contributed by atoms with E-state index in [1.54, 1.807) is 13.8 Å². The molecule has 0 aromatic rings. The molecule has 1 nitrogen and oxygen atoms in total. The van der Waals surface area contributed by atoms with E-state index < -0.39 is 11.6 Å². The van der Waals surface area contributed by atoms with Crippen molar-refractivity contribution in [2.45, 2.75) is 45.4 Å². The monoisotopic (exact) mass is 210 g/mol. The molecule has 0 radical (unpaired) electrons. The quantitative estimate of drug-likeness (QED) is 0.678. The van der Waals surface area contributed by atoms with Gasteiger partial charge in [-0.3, -0.25) is 0 Å². The Balaban J connectivity index is 2.87. The summed E-state index contributed by atoms with van der Waals surface area (Å²) in [7, 11) is 1.48. The third-order valence-corrected chi connectivity index (χ3v) is 3.51. The summed E-state index contributed by atoms with van der Waals surface area (Å²) in [6.45, 7) is 3.29. The maximum absolute atomic E-state index is 12.9. The molecule has 1 aliphatic rings. The van der Waals surface area contributed by atoms with Gasteiger partial charge in [-0.1, -0.05) is 13.8 Å². The molecule has 1 aliphatic carbocycles. The standard InChI is InChI=1S/C10H17F3O/c1-7(2)9(10(11,12)13)5-4-8(6-9)14-3/h7-8H,4-6H2,1-3H3. The fourth-order valence-electron chi connectivity index (χ4n) is 2.34. The van der Waals surface area contributed by atoms with Gasteiger partial charge in [0.05, 0.1) is 11.5 Å². The molecule has 0 aromatic carbocycles. The van der Waals surface area contributed by atoms with Gasteiger partial charge in [-0.05, 0) is 25.2 Å². The van der Waals surface area contributed by atoms with Gasteiger partial charge >= 0.3 is 6.18 Å². The Hall–Kier alpha value is -0.250. The lowest BCUT2D eigenvalue weighted by molar-refractivity contribution is -0.239. The van der Waals surface area contributed by atoms with Crippen molar-refractivity contribution in [1.29, 1.82) is 0 Å². The van der Waals surface area contributed by atoms with E-state index in [-0.39, 0.29) is 24.9 Å². The van der Waals surface area contributed by atoms with Crippen LogP contribution in [0.15, 0.2) is 0 Å². The molecule has 0 bridgehead atoms. The van der Waals surface area contributed by atoms with E-state index in [9.17, 15) is 13.2 Å². The molecule has 1 rings (SSSR count). The molecule has 4 heteroatoms. The SMILES string of the molecule is COC1CCC(C(C)C)(C(F)(F)F)C1. The summed E-state index contributed by atoms with van der Waals surface area (Å²) < 4.78 is 43.8. The molecule has 0 N–H and O–H groups in total. The molecule has 0 aromatic heterocycles. The Morgan fingerprint density at radius 2 is 1.93 bits per heavy atom. The van der Waals surface area contributed by atoms with E-state index in [0.717, 1.165) is 0 Å². The maximum atomic E-state index is 12.9. The molecule has 0 saturated heterocycles. The van der Waals surface area contributed by atoms with Crippen molar-refractivity contribution < 1.29 is 17.9 Å². The largest absolute Gasteiger partial charge is 0.394 e. The number of hydrogen-bond acceptors (Lipinski definition) is 1. The van der Waals surface area contributed by atoms with Crippen LogP contribution in [0.1, 0.15) is 33.1 Å². The third kappa shape index (κ3) is 1.76. The number of ether oxygens (including phenoxy) is 1. The van der Waals surface area contributed by atoms with Crippen LogP contribution in [0.25, 0.3) is 0 Å². The topological polar surface area (TPSA) is 9.23 Å². The van der Waals surface area contributed by atoms with Gasteiger partial charge in [-0.2, -0.15) is 13.2 Å². The van der Waals surface area contributed by atoms with Gasteiger partial charge in [-0.25, -0.2) is 0 Å². The number of halogens is 3. The van der Waals surface area contributed by atoms with Crippen molar-refractivity contribution in [2.75, 3.05) is 7.11 Å². The highest BCUT2D eigenvalue weighted by Gasteiger charge is 2.59. The van der Waals surface area contributed by atoms with Gasteiger partial charge in [-0.15, -0.1) is 0 Å². The molecule has 1 fully saturated rings. The summed E-state index contributed by atoms with van der Waals surface area (Å²) in [5.41, 5.74) is -1.52. The van der Waals surface area contributed by atoms with Crippen molar-refractivity contribution in [1.82, 2.24) is 0 Å². The zero-order valence-electron chi connectivity index (χ0n) is 8.82. The zero-order valence-corrected chi connectivity index (χ0v) is 8.82. The number of methoxy groups -OCH3 is 1. The van der Waals surface area contributed by atoms with Gasteiger partial charge in [0, 0.05) is 7.11 Å². The first-order valence-corrected chi connectivity index (χ1v) is 4.93. The van der Waals surface area contributed by atoms with Crippen molar-refractivity contribution in [3.63, 3.8) is 0 Å². The molecule has 14 heavy (non-hydrogen) atoms. The van der Waals surface area contributed by atoms with Gasteiger partial charge in [0.2, 0.25) is 0 Å². The van der Waals surface area contributed by atoms with Crippen molar-refractivity contribution in [3.8, 4) is 0 Å². The summed E-state index contributed by atoms with van der Waals surface area (Å²) in [4.78, 5) is 0. The second-order valence-corrected chi connectivity index (χ2v) is 4.41. The fourth-order valence-corrected chi connectivity index (χ4v) is 2.34. The molecule has 2 atom stereocenters. The van der Waals surface area contributed by atoms with Crippen molar-refractivity contribution in [3.05, 3.63) is 0 Å². The lowest BCUT2D eigenvalue weighted by Gasteiger charge is -2.35. The molecular formula is C10H17F3O. The minimum Gasteiger partial charge on any atom is -0.381 e. The summed E-state index contributed by atoms with van der Waals surface area (Å²) in [5.74, 6) is -0.373. The van der Waals surface area contributed by atoms with Crippen LogP contribution >= 0.6 is 0 Å². The molecule has 0 aliphatic heterocycles. The van der Waals surface area contributed by atoms with Crippen LogP contribution in [0.5, 0.6) is 0 Å². The predicted molar refractivity (Wildman–Crippen MR) is 48.0 cm³/mol. The van der Waals surface area contributed by atoms with Gasteiger partial charge in [0.15, 0.2) is 0 Å². The number of hydrogen-bond donors (Lipinski definition) is 0. The minimum absolute atomic E-state index is 0.116. The van der Waals surface area contributed by atoms with E-state index >= 15 is 0 Å². The summed E-state index contributed by atoms with van der Waals surface area (Å²) >= 11 is 0. The highest BCUT2D eigenvalue weighted by Crippen LogP contribution is 2.55. The lowest BCUT2D eigenvalue weighted by Crippen LogP contribution is -2.40. The fraction of sp³-hybridized carbons (Fsp3) is 1.00. The molecular weight excluding hydrogens is 193 g/mol. The Kier molecular flexibility index (Phi) is 3.14. The normalized spacial score (nSPS) is 34.1. The second kappa shape index (κ2) is 3.72. The highest BCUT2D eigenvalue weighted by molar-refractivity contribution is 4.96. The third-order valence-electron chi connectivity index (χ3n) is 3.51. The molecule has 2 unspecified atom stereocenters. The molecule has 0 spiro atoms. The van der Waals surface area contributed by atoms with E-state index in [4.69, 9.17) is 4.74 Å². The van der Waals surface area contributed by atoms with Crippen LogP contribution in [0.2, 0.25) is 0 Å². The highest BCUT2D eigenvalue weighted by atomic mass is 19.4. The summed E-state index contributed by atoms with van der Waals surface area (Å²) in [6, 6.07) is 0. The average molecular weight is 210 g/mol.